The number of hydrogen-bond acceptors (Lipinski definition) is 4. The lowest BCUT2D eigenvalue weighted by atomic mass is 10.1. The van der Waals surface area contributed by atoms with Crippen molar-refractivity contribution in [2.24, 2.45) is 0 Å². The second-order valence-electron chi connectivity index (χ2n) is 7.00. The summed E-state index contributed by atoms with van der Waals surface area (Å²) in [5.41, 5.74) is 2.53. The van der Waals surface area contributed by atoms with Crippen molar-refractivity contribution in [1.29, 1.82) is 0 Å². The predicted octanol–water partition coefficient (Wildman–Crippen LogP) is 4.40. The zero-order chi connectivity index (χ0) is 20.9. The third kappa shape index (κ3) is 3.00. The van der Waals surface area contributed by atoms with Gasteiger partial charge in [0.25, 0.3) is 17.7 Å². The number of anilines is 2. The molecule has 0 aliphatic carbocycles. The summed E-state index contributed by atoms with van der Waals surface area (Å²) in [5, 5.41) is 2.60. The minimum absolute atomic E-state index is 0.129. The van der Waals surface area contributed by atoms with Gasteiger partial charge >= 0.3 is 0 Å². The summed E-state index contributed by atoms with van der Waals surface area (Å²) < 4.78 is 20.0. The van der Waals surface area contributed by atoms with E-state index >= 15 is 0 Å². The Balaban J connectivity index is 1.68. The molecule has 0 atom stereocenters. The third-order valence-electron chi connectivity index (χ3n) is 4.89. The highest BCUT2D eigenvalue weighted by Crippen LogP contribution is 2.33. The van der Waals surface area contributed by atoms with Crippen LogP contribution in [0.1, 0.15) is 48.0 Å². The number of benzene rings is 2. The second kappa shape index (κ2) is 6.70. The highest BCUT2D eigenvalue weighted by atomic mass is 19.1. The van der Waals surface area contributed by atoms with Crippen LogP contribution in [0.2, 0.25) is 0 Å². The number of hydrogen-bond donors (Lipinski definition) is 1. The molecular formula is C22H17FN2O4. The lowest BCUT2D eigenvalue weighted by molar-refractivity contribution is 0.0923. The van der Waals surface area contributed by atoms with Crippen molar-refractivity contribution in [3.05, 3.63) is 82.1 Å². The van der Waals surface area contributed by atoms with Crippen molar-refractivity contribution in [3.63, 3.8) is 0 Å². The topological polar surface area (TPSA) is 79.6 Å². The van der Waals surface area contributed by atoms with Gasteiger partial charge in [-0.2, -0.15) is 0 Å². The molecule has 0 radical (unpaired) electrons. The van der Waals surface area contributed by atoms with Crippen LogP contribution in [0.4, 0.5) is 15.8 Å². The number of furan rings is 1. The van der Waals surface area contributed by atoms with Crippen LogP contribution in [0.5, 0.6) is 0 Å². The van der Waals surface area contributed by atoms with Crippen molar-refractivity contribution in [2.75, 3.05) is 10.2 Å². The van der Waals surface area contributed by atoms with E-state index in [0.717, 1.165) is 16.5 Å². The Labute approximate surface area is 165 Å². The summed E-state index contributed by atoms with van der Waals surface area (Å²) in [4.78, 5) is 38.6. The van der Waals surface area contributed by atoms with Gasteiger partial charge in [0.15, 0.2) is 5.76 Å². The highest BCUT2D eigenvalue weighted by molar-refractivity contribution is 6.34. The normalized spacial score (nSPS) is 13.0. The number of amides is 3. The zero-order valence-corrected chi connectivity index (χ0v) is 16.0. The number of carbonyl (C=O) groups is 3. The lowest BCUT2D eigenvalue weighted by Crippen LogP contribution is -2.30. The van der Waals surface area contributed by atoms with Crippen molar-refractivity contribution >= 4 is 29.1 Å². The van der Waals surface area contributed by atoms with E-state index < -0.39 is 23.5 Å². The number of imide groups is 1. The standard InChI is InChI=1S/C22H17FN2O4/c1-11-4-5-14-15(8-11)22(28)25(21(14)27)18-9-13(3)17(10-16(18)23)24-20(26)19-12(2)6-7-29-19/h4-10H,1-3H3,(H,24,26). The quantitative estimate of drug-likeness (QED) is 0.670. The second-order valence-corrected chi connectivity index (χ2v) is 7.00. The van der Waals surface area contributed by atoms with Gasteiger partial charge in [-0.15, -0.1) is 0 Å². The molecule has 0 bridgehead atoms. The van der Waals surface area contributed by atoms with Crippen LogP contribution in [-0.2, 0) is 0 Å². The molecular weight excluding hydrogens is 375 g/mol. The monoisotopic (exact) mass is 392 g/mol. The van der Waals surface area contributed by atoms with Crippen LogP contribution < -0.4 is 10.2 Å². The average Bonchev–Trinajstić information content (AvgIpc) is 3.20. The summed E-state index contributed by atoms with van der Waals surface area (Å²) in [6, 6.07) is 9.01. The molecule has 2 heterocycles. The summed E-state index contributed by atoms with van der Waals surface area (Å²) >= 11 is 0. The summed E-state index contributed by atoms with van der Waals surface area (Å²) in [6.07, 6.45) is 1.39. The van der Waals surface area contributed by atoms with E-state index in [0.29, 0.717) is 11.1 Å². The van der Waals surface area contributed by atoms with Gasteiger partial charge in [-0.05, 0) is 56.7 Å². The molecule has 1 aromatic heterocycles. The number of nitrogens with zero attached hydrogens (tertiary/aromatic N) is 1. The molecule has 0 saturated carbocycles. The maximum Gasteiger partial charge on any atom is 0.291 e. The maximum atomic E-state index is 14.9. The Bertz CT molecular complexity index is 1200. The van der Waals surface area contributed by atoms with Crippen molar-refractivity contribution in [3.8, 4) is 0 Å². The Morgan fingerprint density at radius 1 is 0.966 bits per heavy atom. The minimum atomic E-state index is -0.798. The molecule has 0 saturated heterocycles. The Morgan fingerprint density at radius 3 is 2.38 bits per heavy atom. The van der Waals surface area contributed by atoms with Gasteiger partial charge in [-0.1, -0.05) is 11.6 Å². The Morgan fingerprint density at radius 2 is 1.69 bits per heavy atom. The van der Waals surface area contributed by atoms with Crippen molar-refractivity contribution < 1.29 is 23.2 Å². The summed E-state index contributed by atoms with van der Waals surface area (Å²) in [6.45, 7) is 5.18. The van der Waals surface area contributed by atoms with Gasteiger partial charge in [0, 0.05) is 11.3 Å². The molecule has 6 nitrogen and oxygen atoms in total. The first-order valence-corrected chi connectivity index (χ1v) is 8.93. The van der Waals surface area contributed by atoms with Crippen molar-refractivity contribution in [1.82, 2.24) is 0 Å². The summed E-state index contributed by atoms with van der Waals surface area (Å²) in [5.74, 6) is -2.34. The van der Waals surface area contributed by atoms with Crippen LogP contribution in [0, 0.1) is 26.6 Å². The molecule has 0 fully saturated rings. The van der Waals surface area contributed by atoms with Crippen molar-refractivity contribution in [2.45, 2.75) is 20.8 Å². The Hall–Kier alpha value is -3.74. The first-order valence-electron chi connectivity index (χ1n) is 8.93. The number of halogens is 1. The van der Waals surface area contributed by atoms with E-state index in [2.05, 4.69) is 5.32 Å². The molecule has 4 rings (SSSR count). The van der Waals surface area contributed by atoms with Crippen LogP contribution in [-0.4, -0.2) is 17.7 Å². The van der Waals surface area contributed by atoms with Gasteiger partial charge in [0.2, 0.25) is 0 Å². The third-order valence-corrected chi connectivity index (χ3v) is 4.89. The fraction of sp³-hybridized carbons (Fsp3) is 0.136. The van der Waals surface area contributed by atoms with E-state index in [1.165, 1.54) is 12.3 Å². The molecule has 1 N–H and O–H groups in total. The van der Waals surface area contributed by atoms with Gasteiger partial charge in [-0.25, -0.2) is 9.29 Å². The van der Waals surface area contributed by atoms with Gasteiger partial charge in [0.05, 0.1) is 23.1 Å². The fourth-order valence-corrected chi connectivity index (χ4v) is 3.33. The maximum absolute atomic E-state index is 14.9. The van der Waals surface area contributed by atoms with Gasteiger partial charge < -0.3 is 9.73 Å². The molecule has 7 heteroatoms. The van der Waals surface area contributed by atoms with Gasteiger partial charge in [-0.3, -0.25) is 14.4 Å². The number of carbonyl (C=O) groups excluding carboxylic acids is 3. The van der Waals surface area contributed by atoms with Crippen LogP contribution in [0.25, 0.3) is 0 Å². The predicted molar refractivity (Wildman–Crippen MR) is 105 cm³/mol. The molecule has 0 spiro atoms. The minimum Gasteiger partial charge on any atom is -0.459 e. The van der Waals surface area contributed by atoms with E-state index in [-0.39, 0.29) is 28.3 Å². The largest absolute Gasteiger partial charge is 0.459 e. The summed E-state index contributed by atoms with van der Waals surface area (Å²) in [7, 11) is 0. The smallest absolute Gasteiger partial charge is 0.291 e. The first kappa shape index (κ1) is 18.6. The molecule has 3 amide bonds. The zero-order valence-electron chi connectivity index (χ0n) is 16.0. The number of aryl methyl sites for hydroxylation is 3. The first-order chi connectivity index (χ1) is 13.8. The molecule has 29 heavy (non-hydrogen) atoms. The van der Waals surface area contributed by atoms with Crippen LogP contribution >= 0.6 is 0 Å². The van der Waals surface area contributed by atoms with Crippen LogP contribution in [0.15, 0.2) is 47.1 Å². The Kier molecular flexibility index (Phi) is 4.30. The molecule has 3 aromatic rings. The number of rotatable bonds is 3. The molecule has 1 aliphatic rings. The van der Waals surface area contributed by atoms with E-state index in [1.54, 1.807) is 38.1 Å². The molecule has 2 aromatic carbocycles. The SMILES string of the molecule is Cc1ccc2c(c1)C(=O)N(c1cc(C)c(NC(=O)c3occc3C)cc1F)C2=O. The molecule has 0 unspecified atom stereocenters. The fourth-order valence-electron chi connectivity index (χ4n) is 3.33. The average molecular weight is 392 g/mol. The number of nitrogens with one attached hydrogen (secondary N) is 1. The lowest BCUT2D eigenvalue weighted by Gasteiger charge is -2.17. The van der Waals surface area contributed by atoms with E-state index in [4.69, 9.17) is 4.42 Å². The van der Waals surface area contributed by atoms with Crippen LogP contribution in [0.3, 0.4) is 0 Å². The number of fused-ring (bicyclic) bond motifs is 1. The molecule has 146 valence electrons. The highest BCUT2D eigenvalue weighted by Gasteiger charge is 2.38. The molecule has 1 aliphatic heterocycles. The van der Waals surface area contributed by atoms with Gasteiger partial charge in [0.1, 0.15) is 5.82 Å². The van der Waals surface area contributed by atoms with E-state index in [1.807, 2.05) is 6.92 Å². The van der Waals surface area contributed by atoms with E-state index in [9.17, 15) is 18.8 Å².